The van der Waals surface area contributed by atoms with E-state index in [1.165, 1.54) is 35.2 Å². The highest BCUT2D eigenvalue weighted by atomic mass is 32.2. The van der Waals surface area contributed by atoms with Gasteiger partial charge in [0.1, 0.15) is 5.82 Å². The van der Waals surface area contributed by atoms with Crippen molar-refractivity contribution in [3.8, 4) is 0 Å². The molecule has 0 spiro atoms. The van der Waals surface area contributed by atoms with E-state index in [0.717, 1.165) is 20.8 Å². The molecule has 27 heavy (non-hydrogen) atoms. The van der Waals surface area contributed by atoms with Crippen molar-refractivity contribution >= 4 is 44.9 Å². The molecular formula is C19H15FN4OS2. The molecule has 0 saturated heterocycles. The van der Waals surface area contributed by atoms with Crippen molar-refractivity contribution in [1.29, 1.82) is 0 Å². The lowest BCUT2D eigenvalue weighted by Crippen LogP contribution is -2.01. The van der Waals surface area contributed by atoms with Crippen molar-refractivity contribution in [2.75, 3.05) is 11.1 Å². The third-order valence-corrected chi connectivity index (χ3v) is 5.99. The topological polar surface area (TPSA) is 70.7 Å². The number of anilines is 1. The summed E-state index contributed by atoms with van der Waals surface area (Å²) in [5.74, 6) is 0.0933. The van der Waals surface area contributed by atoms with Gasteiger partial charge in [-0.05, 0) is 23.8 Å². The fourth-order valence-corrected chi connectivity index (χ4v) is 4.26. The number of fused-ring (bicyclic) bond motifs is 1. The fraction of sp³-hybridized carbons (Fsp3) is 0.105. The average molecular weight is 398 g/mol. The van der Waals surface area contributed by atoms with E-state index in [-0.39, 0.29) is 11.6 Å². The number of ketones is 1. The molecule has 136 valence electrons. The van der Waals surface area contributed by atoms with Crippen molar-refractivity contribution in [2.24, 2.45) is 0 Å². The summed E-state index contributed by atoms with van der Waals surface area (Å²) in [5, 5.41) is 13.0. The molecule has 4 rings (SSSR count). The predicted octanol–water partition coefficient (Wildman–Crippen LogP) is 4.75. The molecule has 0 bridgehead atoms. The number of para-hydroxylation sites is 1. The summed E-state index contributed by atoms with van der Waals surface area (Å²) < 4.78 is 13.6. The molecule has 2 heterocycles. The molecule has 0 aliphatic rings. The summed E-state index contributed by atoms with van der Waals surface area (Å²) in [6.45, 7) is 0.536. The number of hydrogen-bond donors (Lipinski definition) is 2. The number of halogens is 1. The van der Waals surface area contributed by atoms with E-state index < -0.39 is 0 Å². The van der Waals surface area contributed by atoms with E-state index in [2.05, 4.69) is 20.5 Å². The normalized spacial score (nSPS) is 11.0. The van der Waals surface area contributed by atoms with Gasteiger partial charge in [-0.15, -0.1) is 10.2 Å². The Balaban J connectivity index is 1.34. The van der Waals surface area contributed by atoms with Gasteiger partial charge < -0.3 is 10.3 Å². The van der Waals surface area contributed by atoms with Crippen LogP contribution in [0, 0.1) is 5.82 Å². The van der Waals surface area contributed by atoms with Gasteiger partial charge in [0.15, 0.2) is 10.1 Å². The number of nitrogens with zero attached hydrogens (tertiary/aromatic N) is 2. The maximum absolute atomic E-state index is 12.9. The number of carbonyl (C=O) groups excluding carboxylic acids is 1. The maximum atomic E-state index is 12.9. The van der Waals surface area contributed by atoms with Gasteiger partial charge >= 0.3 is 0 Å². The van der Waals surface area contributed by atoms with Gasteiger partial charge in [-0.2, -0.15) is 0 Å². The Morgan fingerprint density at radius 3 is 2.81 bits per heavy atom. The molecule has 2 aromatic carbocycles. The van der Waals surface area contributed by atoms with E-state index in [1.54, 1.807) is 18.3 Å². The standard InChI is InChI=1S/C19H15FN4OS2/c20-13-7-5-12(6-8-13)9-22-18-23-24-19(27-18)26-11-17(25)15-10-21-16-4-2-1-3-14(15)16/h1-8,10,21H,9,11H2,(H,22,23). The van der Waals surface area contributed by atoms with Crippen LogP contribution in [-0.2, 0) is 6.54 Å². The van der Waals surface area contributed by atoms with Gasteiger partial charge in [0.05, 0.1) is 5.75 Å². The van der Waals surface area contributed by atoms with E-state index >= 15 is 0 Å². The summed E-state index contributed by atoms with van der Waals surface area (Å²) in [6, 6.07) is 14.0. The third kappa shape index (κ3) is 4.17. The smallest absolute Gasteiger partial charge is 0.206 e. The Kier molecular flexibility index (Phi) is 5.17. The first-order valence-corrected chi connectivity index (χ1v) is 10.0. The number of H-pyrrole nitrogens is 1. The Labute approximate surface area is 163 Å². The minimum atomic E-state index is -0.256. The molecule has 0 unspecified atom stereocenters. The Morgan fingerprint density at radius 2 is 1.96 bits per heavy atom. The van der Waals surface area contributed by atoms with Gasteiger partial charge in [0.2, 0.25) is 5.13 Å². The molecule has 0 radical (unpaired) electrons. The Bertz CT molecular complexity index is 1070. The first-order chi connectivity index (χ1) is 13.2. The highest BCUT2D eigenvalue weighted by molar-refractivity contribution is 8.01. The molecule has 4 aromatic rings. The number of nitrogens with one attached hydrogen (secondary N) is 2. The highest BCUT2D eigenvalue weighted by Crippen LogP contribution is 2.27. The zero-order valence-electron chi connectivity index (χ0n) is 14.1. The molecule has 0 saturated carbocycles. The molecule has 2 aromatic heterocycles. The summed E-state index contributed by atoms with van der Waals surface area (Å²) in [5.41, 5.74) is 2.60. The van der Waals surface area contributed by atoms with E-state index in [1.807, 2.05) is 24.3 Å². The minimum absolute atomic E-state index is 0.0495. The van der Waals surface area contributed by atoms with Crippen LogP contribution in [0.2, 0.25) is 0 Å². The summed E-state index contributed by atoms with van der Waals surface area (Å²) in [6.07, 6.45) is 1.75. The number of hydrogen-bond acceptors (Lipinski definition) is 6. The van der Waals surface area contributed by atoms with Gasteiger partial charge in [0.25, 0.3) is 0 Å². The van der Waals surface area contributed by atoms with Gasteiger partial charge in [-0.25, -0.2) is 4.39 Å². The van der Waals surface area contributed by atoms with Gasteiger partial charge in [-0.1, -0.05) is 53.4 Å². The number of carbonyl (C=O) groups is 1. The number of thioether (sulfide) groups is 1. The van der Waals surface area contributed by atoms with Crippen molar-refractivity contribution in [2.45, 2.75) is 10.9 Å². The molecule has 0 amide bonds. The lowest BCUT2D eigenvalue weighted by molar-refractivity contribution is 0.102. The molecule has 0 atom stereocenters. The predicted molar refractivity (Wildman–Crippen MR) is 107 cm³/mol. The van der Waals surface area contributed by atoms with Crippen LogP contribution >= 0.6 is 23.1 Å². The van der Waals surface area contributed by atoms with Crippen LogP contribution in [0.25, 0.3) is 10.9 Å². The molecular weight excluding hydrogens is 383 g/mol. The second-order valence-corrected chi connectivity index (χ2v) is 8.01. The summed E-state index contributed by atoms with van der Waals surface area (Å²) >= 11 is 2.77. The maximum Gasteiger partial charge on any atom is 0.206 e. The zero-order chi connectivity index (χ0) is 18.6. The number of aromatic amines is 1. The molecule has 8 heteroatoms. The van der Waals surface area contributed by atoms with Crippen LogP contribution in [0.4, 0.5) is 9.52 Å². The van der Waals surface area contributed by atoms with E-state index in [4.69, 9.17) is 0 Å². The van der Waals surface area contributed by atoms with Gasteiger partial charge in [-0.3, -0.25) is 4.79 Å². The second kappa shape index (κ2) is 7.89. The van der Waals surface area contributed by atoms with E-state index in [0.29, 0.717) is 23.0 Å². The number of rotatable bonds is 7. The number of benzene rings is 2. The minimum Gasteiger partial charge on any atom is -0.360 e. The number of Topliss-reactive ketones (excluding diaryl/α,β-unsaturated/α-hetero) is 1. The van der Waals surface area contributed by atoms with Crippen LogP contribution < -0.4 is 5.32 Å². The molecule has 5 nitrogen and oxygen atoms in total. The first-order valence-electron chi connectivity index (χ1n) is 8.23. The quantitative estimate of drug-likeness (QED) is 0.347. The number of aromatic nitrogens is 3. The van der Waals surface area contributed by atoms with Crippen molar-refractivity contribution in [1.82, 2.24) is 15.2 Å². The van der Waals surface area contributed by atoms with Crippen molar-refractivity contribution in [3.05, 3.63) is 71.7 Å². The zero-order valence-corrected chi connectivity index (χ0v) is 15.7. The summed E-state index contributed by atoms with van der Waals surface area (Å²) in [4.78, 5) is 15.6. The van der Waals surface area contributed by atoms with Crippen molar-refractivity contribution in [3.63, 3.8) is 0 Å². The fourth-order valence-electron chi connectivity index (χ4n) is 2.63. The van der Waals surface area contributed by atoms with Crippen LogP contribution in [-0.4, -0.2) is 26.7 Å². The van der Waals surface area contributed by atoms with Crippen LogP contribution in [0.3, 0.4) is 0 Å². The Morgan fingerprint density at radius 1 is 1.15 bits per heavy atom. The first kappa shape index (κ1) is 17.7. The van der Waals surface area contributed by atoms with E-state index in [9.17, 15) is 9.18 Å². The average Bonchev–Trinajstić information content (AvgIpc) is 3.32. The SMILES string of the molecule is O=C(CSc1nnc(NCc2ccc(F)cc2)s1)c1c[nH]c2ccccc12. The highest BCUT2D eigenvalue weighted by Gasteiger charge is 2.14. The molecule has 2 N–H and O–H groups in total. The third-order valence-electron chi connectivity index (χ3n) is 3.98. The van der Waals surface area contributed by atoms with Crippen LogP contribution in [0.5, 0.6) is 0 Å². The lowest BCUT2D eigenvalue weighted by atomic mass is 10.1. The largest absolute Gasteiger partial charge is 0.360 e. The lowest BCUT2D eigenvalue weighted by Gasteiger charge is -2.01. The Hall–Kier alpha value is -2.71. The monoisotopic (exact) mass is 398 g/mol. The van der Waals surface area contributed by atoms with Gasteiger partial charge in [0, 0.05) is 29.2 Å². The van der Waals surface area contributed by atoms with Crippen LogP contribution in [0.1, 0.15) is 15.9 Å². The summed E-state index contributed by atoms with van der Waals surface area (Å²) in [7, 11) is 0. The van der Waals surface area contributed by atoms with Crippen molar-refractivity contribution < 1.29 is 9.18 Å². The molecule has 0 fully saturated rings. The second-order valence-electron chi connectivity index (χ2n) is 5.81. The molecule has 0 aliphatic heterocycles. The molecule has 0 aliphatic carbocycles. The van der Waals surface area contributed by atoms with Crippen LogP contribution in [0.15, 0.2) is 59.1 Å².